The van der Waals surface area contributed by atoms with E-state index in [-0.39, 0.29) is 18.0 Å². The topological polar surface area (TPSA) is 106 Å². The number of anilines is 1. The molecule has 1 aromatic heterocycles. The summed E-state index contributed by atoms with van der Waals surface area (Å²) in [5.74, 6) is -0.825. The SMILES string of the molecule is CCn1cc(CNC(=O)C2=NN(c3ccccc3)[C@@H](C(N)=O)C2)cn1. The molecule has 3 rings (SSSR count). The smallest absolute Gasteiger partial charge is 0.267 e. The summed E-state index contributed by atoms with van der Waals surface area (Å²) < 4.78 is 1.79. The minimum Gasteiger partial charge on any atom is -0.368 e. The normalized spacial score (nSPS) is 16.6. The molecule has 0 bridgehead atoms. The van der Waals surface area contributed by atoms with Crippen molar-refractivity contribution in [3.05, 3.63) is 48.3 Å². The van der Waals surface area contributed by atoms with Crippen LogP contribution >= 0.6 is 0 Å². The highest BCUT2D eigenvalue weighted by Gasteiger charge is 2.34. The van der Waals surface area contributed by atoms with Crippen molar-refractivity contribution in [1.82, 2.24) is 15.1 Å². The Bertz CT molecular complexity index is 798. The average Bonchev–Trinajstić information content (AvgIpc) is 3.27. The van der Waals surface area contributed by atoms with E-state index in [0.29, 0.717) is 6.54 Å². The number of nitrogens with two attached hydrogens (primary N) is 1. The molecule has 1 atom stereocenters. The Balaban J connectivity index is 1.70. The van der Waals surface area contributed by atoms with Crippen LogP contribution in [-0.4, -0.2) is 33.3 Å². The van der Waals surface area contributed by atoms with Gasteiger partial charge in [0.1, 0.15) is 11.8 Å². The lowest BCUT2D eigenvalue weighted by atomic mass is 10.1. The van der Waals surface area contributed by atoms with Crippen LogP contribution in [0.1, 0.15) is 18.9 Å². The van der Waals surface area contributed by atoms with Gasteiger partial charge in [-0.15, -0.1) is 0 Å². The first-order valence-electron chi connectivity index (χ1n) is 8.09. The van der Waals surface area contributed by atoms with Crippen LogP contribution in [0, 0.1) is 0 Å². The zero-order chi connectivity index (χ0) is 17.8. The van der Waals surface area contributed by atoms with Crippen molar-refractivity contribution in [3.63, 3.8) is 0 Å². The van der Waals surface area contributed by atoms with E-state index in [4.69, 9.17) is 5.73 Å². The summed E-state index contributed by atoms with van der Waals surface area (Å²) in [6.45, 7) is 3.11. The molecule has 25 heavy (non-hydrogen) atoms. The van der Waals surface area contributed by atoms with E-state index in [1.807, 2.05) is 43.5 Å². The largest absolute Gasteiger partial charge is 0.368 e. The highest BCUT2D eigenvalue weighted by molar-refractivity contribution is 6.40. The number of carbonyl (C=O) groups is 2. The molecule has 1 aliphatic rings. The minimum atomic E-state index is -0.661. The van der Waals surface area contributed by atoms with Crippen LogP contribution in [0.3, 0.4) is 0 Å². The quantitative estimate of drug-likeness (QED) is 0.805. The Morgan fingerprint density at radius 2 is 2.08 bits per heavy atom. The van der Waals surface area contributed by atoms with E-state index in [9.17, 15) is 9.59 Å². The number of carbonyl (C=O) groups excluding carboxylic acids is 2. The maximum absolute atomic E-state index is 12.4. The first-order valence-corrected chi connectivity index (χ1v) is 8.09. The van der Waals surface area contributed by atoms with Gasteiger partial charge in [-0.3, -0.25) is 19.3 Å². The van der Waals surface area contributed by atoms with Gasteiger partial charge in [0.15, 0.2) is 0 Å². The maximum Gasteiger partial charge on any atom is 0.267 e. The van der Waals surface area contributed by atoms with E-state index >= 15 is 0 Å². The summed E-state index contributed by atoms with van der Waals surface area (Å²) in [4.78, 5) is 24.1. The minimum absolute atomic E-state index is 0.185. The fourth-order valence-electron chi connectivity index (χ4n) is 2.64. The van der Waals surface area contributed by atoms with Gasteiger partial charge >= 0.3 is 0 Å². The number of aromatic nitrogens is 2. The van der Waals surface area contributed by atoms with Crippen molar-refractivity contribution in [2.24, 2.45) is 10.8 Å². The predicted octanol–water partition coefficient (Wildman–Crippen LogP) is 0.639. The number of primary amides is 1. The molecule has 0 spiro atoms. The van der Waals surface area contributed by atoms with Crippen LogP contribution < -0.4 is 16.1 Å². The third-order valence-electron chi connectivity index (χ3n) is 3.99. The molecule has 3 N–H and O–H groups in total. The second-order valence-electron chi connectivity index (χ2n) is 5.74. The molecule has 2 amide bonds. The number of nitrogens with zero attached hydrogens (tertiary/aromatic N) is 4. The summed E-state index contributed by atoms with van der Waals surface area (Å²) >= 11 is 0. The maximum atomic E-state index is 12.4. The average molecular weight is 340 g/mol. The summed E-state index contributed by atoms with van der Waals surface area (Å²) in [5.41, 5.74) is 7.39. The van der Waals surface area contributed by atoms with Crippen molar-refractivity contribution in [1.29, 1.82) is 0 Å². The van der Waals surface area contributed by atoms with Crippen LogP contribution in [-0.2, 0) is 22.7 Å². The number of amides is 2. The second-order valence-corrected chi connectivity index (χ2v) is 5.74. The molecule has 2 aromatic rings. The third kappa shape index (κ3) is 3.68. The number of hydrogen-bond acceptors (Lipinski definition) is 5. The molecule has 130 valence electrons. The Kier molecular flexibility index (Phi) is 4.78. The third-order valence-corrected chi connectivity index (χ3v) is 3.99. The van der Waals surface area contributed by atoms with E-state index in [0.717, 1.165) is 17.8 Å². The number of rotatable bonds is 6. The summed E-state index contributed by atoms with van der Waals surface area (Å²) in [6.07, 6.45) is 3.77. The van der Waals surface area contributed by atoms with Gasteiger partial charge in [0.05, 0.1) is 11.9 Å². The summed E-state index contributed by atoms with van der Waals surface area (Å²) in [7, 11) is 0. The number of nitrogens with one attached hydrogen (secondary N) is 1. The zero-order valence-electron chi connectivity index (χ0n) is 13.9. The molecule has 0 unspecified atom stereocenters. The molecule has 1 aromatic carbocycles. The van der Waals surface area contributed by atoms with E-state index < -0.39 is 11.9 Å². The standard InChI is InChI=1S/C17H20N6O2/c1-2-22-11-12(10-20-22)9-19-17(25)14-8-15(16(18)24)23(21-14)13-6-4-3-5-7-13/h3-7,10-11,15H,2,8-9H2,1H3,(H2,18,24)(H,19,25)/t15-/m1/s1. The molecule has 8 nitrogen and oxygen atoms in total. The highest BCUT2D eigenvalue weighted by Crippen LogP contribution is 2.24. The summed E-state index contributed by atoms with van der Waals surface area (Å²) in [5, 5.41) is 12.8. The van der Waals surface area contributed by atoms with Crippen molar-refractivity contribution in [3.8, 4) is 0 Å². The molecular formula is C17H20N6O2. The van der Waals surface area contributed by atoms with Gasteiger partial charge in [0.2, 0.25) is 5.91 Å². The molecule has 0 radical (unpaired) electrons. The van der Waals surface area contributed by atoms with Crippen LogP contribution in [0.15, 0.2) is 47.8 Å². The fourth-order valence-corrected chi connectivity index (χ4v) is 2.64. The van der Waals surface area contributed by atoms with Crippen molar-refractivity contribution in [2.75, 3.05) is 5.01 Å². The Morgan fingerprint density at radius 3 is 2.72 bits per heavy atom. The Morgan fingerprint density at radius 1 is 1.32 bits per heavy atom. The van der Waals surface area contributed by atoms with E-state index in [2.05, 4.69) is 15.5 Å². The first-order chi connectivity index (χ1) is 12.1. The molecule has 8 heteroatoms. The van der Waals surface area contributed by atoms with Gasteiger partial charge in [0.25, 0.3) is 5.91 Å². The number of hydrazone groups is 1. The van der Waals surface area contributed by atoms with Crippen molar-refractivity contribution < 1.29 is 9.59 Å². The molecule has 0 saturated carbocycles. The van der Waals surface area contributed by atoms with E-state index in [1.165, 1.54) is 5.01 Å². The lowest BCUT2D eigenvalue weighted by Gasteiger charge is -2.20. The number of aryl methyl sites for hydroxylation is 1. The highest BCUT2D eigenvalue weighted by atomic mass is 16.2. The number of benzene rings is 1. The zero-order valence-corrected chi connectivity index (χ0v) is 13.9. The van der Waals surface area contributed by atoms with Crippen LogP contribution in [0.2, 0.25) is 0 Å². The first kappa shape index (κ1) is 16.7. The number of hydrogen-bond donors (Lipinski definition) is 2. The fraction of sp³-hybridized carbons (Fsp3) is 0.294. The lowest BCUT2D eigenvalue weighted by Crippen LogP contribution is -2.39. The molecule has 0 aliphatic carbocycles. The molecular weight excluding hydrogens is 320 g/mol. The van der Waals surface area contributed by atoms with Gasteiger partial charge in [-0.1, -0.05) is 18.2 Å². The van der Waals surface area contributed by atoms with Crippen molar-refractivity contribution in [2.45, 2.75) is 32.5 Å². The van der Waals surface area contributed by atoms with Crippen LogP contribution in [0.25, 0.3) is 0 Å². The van der Waals surface area contributed by atoms with Crippen LogP contribution in [0.5, 0.6) is 0 Å². The molecule has 2 heterocycles. The number of para-hydroxylation sites is 1. The monoisotopic (exact) mass is 340 g/mol. The Labute approximate surface area is 145 Å². The second kappa shape index (κ2) is 7.16. The summed E-state index contributed by atoms with van der Waals surface area (Å²) in [6, 6.07) is 8.52. The van der Waals surface area contributed by atoms with Gasteiger partial charge in [0, 0.05) is 31.3 Å². The molecule has 1 aliphatic heterocycles. The van der Waals surface area contributed by atoms with Gasteiger partial charge in [-0.25, -0.2) is 0 Å². The van der Waals surface area contributed by atoms with Gasteiger partial charge in [-0.05, 0) is 19.1 Å². The van der Waals surface area contributed by atoms with Crippen molar-refractivity contribution >= 4 is 23.2 Å². The van der Waals surface area contributed by atoms with Gasteiger partial charge < -0.3 is 11.1 Å². The lowest BCUT2D eigenvalue weighted by molar-refractivity contribution is -0.119. The molecule has 0 fully saturated rings. The van der Waals surface area contributed by atoms with Gasteiger partial charge in [-0.2, -0.15) is 10.2 Å². The predicted molar refractivity (Wildman–Crippen MR) is 93.7 cm³/mol. The molecule has 0 saturated heterocycles. The van der Waals surface area contributed by atoms with Crippen LogP contribution in [0.4, 0.5) is 5.69 Å². The Hall–Kier alpha value is -3.16. The van der Waals surface area contributed by atoms with E-state index in [1.54, 1.807) is 10.9 Å².